The quantitative estimate of drug-likeness (QED) is 0.513. The number of aliphatic hydroxyl groups excluding tert-OH is 1. The van der Waals surface area contributed by atoms with Crippen LogP contribution < -0.4 is 5.32 Å². The minimum atomic E-state index is -0.140. The lowest BCUT2D eigenvalue weighted by Gasteiger charge is -1.96. The molecule has 0 saturated carbocycles. The van der Waals surface area contributed by atoms with Crippen molar-refractivity contribution in [3.05, 3.63) is 6.42 Å². The van der Waals surface area contributed by atoms with Crippen LogP contribution in [0.5, 0.6) is 0 Å². The molecule has 3 heteroatoms. The monoisotopic (exact) mass is 116 g/mol. The maximum Gasteiger partial charge on any atom is 0.223 e. The first-order valence-corrected chi connectivity index (χ1v) is 2.49. The number of carbonyl (C=O) groups is 1. The van der Waals surface area contributed by atoms with Gasteiger partial charge in [-0.3, -0.25) is 4.79 Å². The zero-order chi connectivity index (χ0) is 6.41. The van der Waals surface area contributed by atoms with Crippen LogP contribution in [0.4, 0.5) is 0 Å². The van der Waals surface area contributed by atoms with Crippen LogP contribution in [0.25, 0.3) is 0 Å². The summed E-state index contributed by atoms with van der Waals surface area (Å²) in [7, 11) is 0. The molecule has 0 aromatic heterocycles. The molecule has 0 aromatic carbocycles. The molecule has 47 valence electrons. The van der Waals surface area contributed by atoms with Gasteiger partial charge in [0, 0.05) is 13.0 Å². The van der Waals surface area contributed by atoms with Gasteiger partial charge in [-0.2, -0.15) is 0 Å². The van der Waals surface area contributed by atoms with Gasteiger partial charge in [0.1, 0.15) is 0 Å². The van der Waals surface area contributed by atoms with E-state index in [9.17, 15) is 4.79 Å². The Morgan fingerprint density at radius 1 is 1.88 bits per heavy atom. The predicted octanol–water partition coefficient (Wildman–Crippen LogP) is -0.681. The fourth-order valence-corrected chi connectivity index (χ4v) is 0.281. The first-order valence-electron chi connectivity index (χ1n) is 2.49. The number of hydrogen-bond acceptors (Lipinski definition) is 2. The molecular formula is C5H10NO2. The van der Waals surface area contributed by atoms with Crippen molar-refractivity contribution in [2.75, 3.05) is 13.2 Å². The van der Waals surface area contributed by atoms with E-state index in [1.165, 1.54) is 6.42 Å². The Labute approximate surface area is 48.7 Å². The van der Waals surface area contributed by atoms with Gasteiger partial charge < -0.3 is 10.4 Å². The summed E-state index contributed by atoms with van der Waals surface area (Å²) in [4.78, 5) is 10.3. The van der Waals surface area contributed by atoms with Crippen molar-refractivity contribution in [2.45, 2.75) is 6.92 Å². The molecule has 0 aliphatic heterocycles. The number of amides is 1. The minimum Gasteiger partial charge on any atom is -0.395 e. The highest BCUT2D eigenvalue weighted by atomic mass is 16.3. The highest BCUT2D eigenvalue weighted by molar-refractivity contribution is 5.83. The second-order valence-corrected chi connectivity index (χ2v) is 1.30. The highest BCUT2D eigenvalue weighted by Gasteiger charge is 1.91. The van der Waals surface area contributed by atoms with Gasteiger partial charge in [0.2, 0.25) is 5.91 Å². The van der Waals surface area contributed by atoms with Crippen molar-refractivity contribution in [1.82, 2.24) is 5.32 Å². The van der Waals surface area contributed by atoms with Crippen molar-refractivity contribution in [2.24, 2.45) is 0 Å². The molecular weight excluding hydrogens is 106 g/mol. The number of carbonyl (C=O) groups excluding carboxylic acids is 1. The molecule has 3 nitrogen and oxygen atoms in total. The molecule has 0 rings (SSSR count). The Morgan fingerprint density at radius 3 is 2.88 bits per heavy atom. The molecule has 0 atom stereocenters. The normalized spacial score (nSPS) is 8.75. The summed E-state index contributed by atoms with van der Waals surface area (Å²) in [5.74, 6) is -0.140. The summed E-state index contributed by atoms with van der Waals surface area (Å²) in [6.45, 7) is 1.98. The summed E-state index contributed by atoms with van der Waals surface area (Å²) in [5, 5.41) is 10.6. The zero-order valence-electron chi connectivity index (χ0n) is 4.85. The SMILES string of the molecule is C[CH]C(=O)NCCO. The van der Waals surface area contributed by atoms with E-state index in [0.717, 1.165) is 0 Å². The van der Waals surface area contributed by atoms with Crippen molar-refractivity contribution in [3.63, 3.8) is 0 Å². The van der Waals surface area contributed by atoms with Crippen LogP contribution in [0.2, 0.25) is 0 Å². The van der Waals surface area contributed by atoms with Crippen molar-refractivity contribution >= 4 is 5.91 Å². The fraction of sp³-hybridized carbons (Fsp3) is 0.600. The van der Waals surface area contributed by atoms with Crippen LogP contribution in [0.15, 0.2) is 0 Å². The van der Waals surface area contributed by atoms with Crippen LogP contribution in [0.1, 0.15) is 6.92 Å². The van der Waals surface area contributed by atoms with E-state index in [4.69, 9.17) is 5.11 Å². The van der Waals surface area contributed by atoms with Crippen LogP contribution in [-0.2, 0) is 4.79 Å². The third kappa shape index (κ3) is 3.61. The topological polar surface area (TPSA) is 49.3 Å². The Morgan fingerprint density at radius 2 is 2.50 bits per heavy atom. The van der Waals surface area contributed by atoms with Crippen molar-refractivity contribution < 1.29 is 9.90 Å². The first kappa shape index (κ1) is 7.43. The molecule has 0 aliphatic carbocycles. The summed E-state index contributed by atoms with van der Waals surface area (Å²) < 4.78 is 0. The van der Waals surface area contributed by atoms with E-state index in [1.54, 1.807) is 6.92 Å². The molecule has 1 amide bonds. The summed E-state index contributed by atoms with van der Waals surface area (Å²) in [6.07, 6.45) is 1.41. The minimum absolute atomic E-state index is 0.000417. The maximum absolute atomic E-state index is 10.3. The van der Waals surface area contributed by atoms with E-state index >= 15 is 0 Å². The average Bonchev–Trinajstić information content (AvgIpc) is 1.83. The third-order valence-corrected chi connectivity index (χ3v) is 0.673. The third-order valence-electron chi connectivity index (χ3n) is 0.673. The molecule has 0 aliphatic rings. The van der Waals surface area contributed by atoms with E-state index in [0.29, 0.717) is 6.54 Å². The van der Waals surface area contributed by atoms with Crippen LogP contribution in [0.3, 0.4) is 0 Å². The molecule has 2 N–H and O–H groups in total. The molecule has 0 bridgehead atoms. The van der Waals surface area contributed by atoms with Gasteiger partial charge in [-0.1, -0.05) is 6.92 Å². The number of aliphatic hydroxyl groups is 1. The van der Waals surface area contributed by atoms with Gasteiger partial charge in [0.05, 0.1) is 6.61 Å². The maximum atomic E-state index is 10.3. The van der Waals surface area contributed by atoms with Gasteiger partial charge >= 0.3 is 0 Å². The summed E-state index contributed by atoms with van der Waals surface area (Å²) >= 11 is 0. The lowest BCUT2D eigenvalue weighted by Crippen LogP contribution is -2.25. The van der Waals surface area contributed by atoms with Crippen LogP contribution in [0, 0.1) is 6.42 Å². The Kier molecular flexibility index (Phi) is 4.26. The molecule has 0 heterocycles. The smallest absolute Gasteiger partial charge is 0.223 e. The number of hydrogen-bond donors (Lipinski definition) is 2. The molecule has 8 heavy (non-hydrogen) atoms. The fourth-order valence-electron chi connectivity index (χ4n) is 0.281. The number of nitrogens with one attached hydrogen (secondary N) is 1. The van der Waals surface area contributed by atoms with E-state index < -0.39 is 0 Å². The van der Waals surface area contributed by atoms with Gasteiger partial charge in [-0.05, 0) is 0 Å². The lowest BCUT2D eigenvalue weighted by molar-refractivity contribution is -0.117. The lowest BCUT2D eigenvalue weighted by atomic mass is 10.4. The van der Waals surface area contributed by atoms with Crippen LogP contribution in [-0.4, -0.2) is 24.2 Å². The molecule has 1 radical (unpaired) electrons. The van der Waals surface area contributed by atoms with Crippen molar-refractivity contribution in [1.29, 1.82) is 0 Å². The first-order chi connectivity index (χ1) is 3.81. The van der Waals surface area contributed by atoms with Gasteiger partial charge in [-0.15, -0.1) is 0 Å². The molecule has 0 fully saturated rings. The molecule has 0 aromatic rings. The second kappa shape index (κ2) is 4.59. The van der Waals surface area contributed by atoms with E-state index in [-0.39, 0.29) is 12.5 Å². The standard InChI is InChI=1S/C5H10NO2/c1-2-5(8)6-3-4-7/h2,7H,3-4H2,1H3,(H,6,8). The van der Waals surface area contributed by atoms with Crippen molar-refractivity contribution in [3.8, 4) is 0 Å². The van der Waals surface area contributed by atoms with E-state index in [1.807, 2.05) is 0 Å². The Balaban J connectivity index is 2.99. The number of rotatable bonds is 3. The summed E-state index contributed by atoms with van der Waals surface area (Å²) in [5.41, 5.74) is 0. The van der Waals surface area contributed by atoms with Gasteiger partial charge in [0.15, 0.2) is 0 Å². The summed E-state index contributed by atoms with van der Waals surface area (Å²) in [6, 6.07) is 0. The zero-order valence-corrected chi connectivity index (χ0v) is 4.85. The Bertz CT molecular complexity index is 72.8. The molecule has 0 unspecified atom stereocenters. The van der Waals surface area contributed by atoms with E-state index in [2.05, 4.69) is 5.32 Å². The van der Waals surface area contributed by atoms with Crippen LogP contribution >= 0.6 is 0 Å². The average molecular weight is 116 g/mol. The van der Waals surface area contributed by atoms with Gasteiger partial charge in [-0.25, -0.2) is 0 Å². The second-order valence-electron chi connectivity index (χ2n) is 1.30. The molecule has 0 saturated heterocycles. The Hall–Kier alpha value is -0.570. The molecule has 0 spiro atoms. The highest BCUT2D eigenvalue weighted by Crippen LogP contribution is 1.69. The predicted molar refractivity (Wildman–Crippen MR) is 30.1 cm³/mol. The van der Waals surface area contributed by atoms with Gasteiger partial charge in [0.25, 0.3) is 0 Å². The largest absolute Gasteiger partial charge is 0.395 e.